The quantitative estimate of drug-likeness (QED) is 0.472. The third-order valence-electron chi connectivity index (χ3n) is 2.73. The third-order valence-corrected chi connectivity index (χ3v) is 4.26. The van der Waals surface area contributed by atoms with Crippen LogP contribution in [0.15, 0.2) is 29.2 Å². The Morgan fingerprint density at radius 1 is 1.19 bits per heavy atom. The predicted octanol–water partition coefficient (Wildman–Crippen LogP) is 3.13. The lowest BCUT2D eigenvalue weighted by molar-refractivity contribution is 0.352. The number of piperidine rings is 1. The smallest absolute Gasteiger partial charge is 0.141 e. The van der Waals surface area contributed by atoms with Gasteiger partial charge in [0.15, 0.2) is 0 Å². The molecule has 1 aliphatic heterocycles. The standard InChI is InChI=1S/C12H16N2S2/c13-10-6-2-3-7-11(10)16-12(15)14-8-4-1-5-9-14/h2-3,6-7H,1,4-5,8-9,13H2. The highest BCUT2D eigenvalue weighted by atomic mass is 32.2. The zero-order valence-corrected chi connectivity index (χ0v) is 10.8. The topological polar surface area (TPSA) is 29.3 Å². The number of hydrogen-bond donors (Lipinski definition) is 1. The van der Waals surface area contributed by atoms with E-state index in [1.165, 1.54) is 19.3 Å². The van der Waals surface area contributed by atoms with E-state index in [-0.39, 0.29) is 0 Å². The van der Waals surface area contributed by atoms with Crippen LogP contribution in [0.5, 0.6) is 0 Å². The Morgan fingerprint density at radius 2 is 1.88 bits per heavy atom. The molecule has 0 amide bonds. The van der Waals surface area contributed by atoms with E-state index in [1.807, 2.05) is 24.3 Å². The van der Waals surface area contributed by atoms with Crippen LogP contribution < -0.4 is 5.73 Å². The molecule has 1 aromatic rings. The van der Waals surface area contributed by atoms with Gasteiger partial charge in [0.2, 0.25) is 0 Å². The summed E-state index contributed by atoms with van der Waals surface area (Å²) in [6.07, 6.45) is 3.84. The second-order valence-electron chi connectivity index (χ2n) is 3.95. The molecule has 86 valence electrons. The van der Waals surface area contributed by atoms with Gasteiger partial charge in [-0.15, -0.1) is 0 Å². The molecule has 0 aromatic heterocycles. The summed E-state index contributed by atoms with van der Waals surface area (Å²) >= 11 is 7.06. The molecule has 1 heterocycles. The lowest BCUT2D eigenvalue weighted by Crippen LogP contribution is -2.32. The average molecular weight is 252 g/mol. The minimum Gasteiger partial charge on any atom is -0.398 e. The van der Waals surface area contributed by atoms with E-state index in [9.17, 15) is 0 Å². The number of likely N-dealkylation sites (tertiary alicyclic amines) is 1. The zero-order chi connectivity index (χ0) is 11.4. The van der Waals surface area contributed by atoms with Crippen LogP contribution in [0, 0.1) is 0 Å². The Morgan fingerprint density at radius 3 is 2.56 bits per heavy atom. The molecule has 1 aromatic carbocycles. The highest BCUT2D eigenvalue weighted by molar-refractivity contribution is 8.23. The van der Waals surface area contributed by atoms with Gasteiger partial charge >= 0.3 is 0 Å². The van der Waals surface area contributed by atoms with Gasteiger partial charge in [0.05, 0.1) is 0 Å². The van der Waals surface area contributed by atoms with E-state index in [1.54, 1.807) is 11.8 Å². The van der Waals surface area contributed by atoms with Gasteiger partial charge in [0, 0.05) is 23.7 Å². The maximum Gasteiger partial charge on any atom is 0.141 e. The molecule has 1 saturated heterocycles. The Hall–Kier alpha value is -0.740. The van der Waals surface area contributed by atoms with Crippen LogP contribution in [-0.4, -0.2) is 22.3 Å². The average Bonchev–Trinajstić information content (AvgIpc) is 2.33. The van der Waals surface area contributed by atoms with Crippen LogP contribution >= 0.6 is 24.0 Å². The molecule has 2 nitrogen and oxygen atoms in total. The molecule has 0 atom stereocenters. The Balaban J connectivity index is 1.99. The number of thiocarbonyl (C=S) groups is 1. The van der Waals surface area contributed by atoms with Crippen molar-refractivity contribution in [2.75, 3.05) is 18.8 Å². The first-order valence-electron chi connectivity index (χ1n) is 5.58. The second kappa shape index (κ2) is 5.55. The van der Waals surface area contributed by atoms with Crippen molar-refractivity contribution < 1.29 is 0 Å². The van der Waals surface area contributed by atoms with Gasteiger partial charge in [-0.2, -0.15) is 0 Å². The number of rotatable bonds is 1. The number of nitrogen functional groups attached to an aromatic ring is 1. The van der Waals surface area contributed by atoms with Gasteiger partial charge < -0.3 is 10.6 Å². The molecule has 2 rings (SSSR count). The highest BCUT2D eigenvalue weighted by Gasteiger charge is 2.14. The molecule has 0 bridgehead atoms. The van der Waals surface area contributed by atoms with Gasteiger partial charge in [0.25, 0.3) is 0 Å². The van der Waals surface area contributed by atoms with Crippen molar-refractivity contribution in [3.05, 3.63) is 24.3 Å². The summed E-state index contributed by atoms with van der Waals surface area (Å²) in [4.78, 5) is 3.36. The first-order valence-corrected chi connectivity index (χ1v) is 6.81. The number of anilines is 1. The lowest BCUT2D eigenvalue weighted by atomic mass is 10.1. The molecule has 2 N–H and O–H groups in total. The molecular weight excluding hydrogens is 236 g/mol. The van der Waals surface area contributed by atoms with Crippen LogP contribution in [-0.2, 0) is 0 Å². The SMILES string of the molecule is Nc1ccccc1SC(=S)N1CCCCC1. The molecule has 16 heavy (non-hydrogen) atoms. The van der Waals surface area contributed by atoms with E-state index in [2.05, 4.69) is 4.90 Å². The number of thioether (sulfide) groups is 1. The predicted molar refractivity (Wildman–Crippen MR) is 74.7 cm³/mol. The number of nitrogens with two attached hydrogens (primary N) is 1. The van der Waals surface area contributed by atoms with Crippen LogP contribution in [0.25, 0.3) is 0 Å². The van der Waals surface area contributed by atoms with Gasteiger partial charge in [-0.3, -0.25) is 0 Å². The van der Waals surface area contributed by atoms with Gasteiger partial charge in [-0.25, -0.2) is 0 Å². The fraction of sp³-hybridized carbons (Fsp3) is 0.417. The summed E-state index contributed by atoms with van der Waals surface area (Å²) < 4.78 is 0.956. The second-order valence-corrected chi connectivity index (χ2v) is 5.63. The van der Waals surface area contributed by atoms with Crippen molar-refractivity contribution in [1.82, 2.24) is 4.90 Å². The van der Waals surface area contributed by atoms with Gasteiger partial charge in [0.1, 0.15) is 4.32 Å². The normalized spacial score (nSPS) is 16.1. The summed E-state index contributed by atoms with van der Waals surface area (Å²) in [6, 6.07) is 7.89. The van der Waals surface area contributed by atoms with Crippen LogP contribution in [0.2, 0.25) is 0 Å². The Bertz CT molecular complexity index is 373. The molecule has 0 radical (unpaired) electrons. The monoisotopic (exact) mass is 252 g/mol. The van der Waals surface area contributed by atoms with Crippen molar-refractivity contribution in [2.24, 2.45) is 0 Å². The maximum absolute atomic E-state index is 5.90. The molecule has 0 aliphatic carbocycles. The van der Waals surface area contributed by atoms with Crippen molar-refractivity contribution >= 4 is 34.0 Å². The Kier molecular flexibility index (Phi) is 4.07. The van der Waals surface area contributed by atoms with Crippen LogP contribution in [0.1, 0.15) is 19.3 Å². The van der Waals surface area contributed by atoms with Crippen molar-refractivity contribution in [2.45, 2.75) is 24.2 Å². The minimum absolute atomic E-state index is 0.812. The molecular formula is C12H16N2S2. The number of hydrogen-bond acceptors (Lipinski definition) is 3. The third kappa shape index (κ3) is 2.89. The van der Waals surface area contributed by atoms with Crippen molar-refractivity contribution in [3.63, 3.8) is 0 Å². The summed E-state index contributed by atoms with van der Waals surface area (Å²) in [6.45, 7) is 2.19. The van der Waals surface area contributed by atoms with Crippen molar-refractivity contribution in [1.29, 1.82) is 0 Å². The van der Waals surface area contributed by atoms with E-state index < -0.39 is 0 Å². The van der Waals surface area contributed by atoms with Gasteiger partial charge in [-0.1, -0.05) is 36.1 Å². The largest absolute Gasteiger partial charge is 0.398 e. The summed E-state index contributed by atoms with van der Waals surface area (Å²) in [5.41, 5.74) is 6.71. The summed E-state index contributed by atoms with van der Waals surface area (Å²) in [5, 5.41) is 0. The summed E-state index contributed by atoms with van der Waals surface area (Å²) in [5.74, 6) is 0. The molecule has 0 unspecified atom stereocenters. The molecule has 1 fully saturated rings. The molecule has 0 saturated carbocycles. The molecule has 0 spiro atoms. The van der Waals surface area contributed by atoms with Crippen LogP contribution in [0.3, 0.4) is 0 Å². The first kappa shape index (κ1) is 11.7. The summed E-state index contributed by atoms with van der Waals surface area (Å²) in [7, 11) is 0. The van der Waals surface area contributed by atoms with E-state index in [4.69, 9.17) is 18.0 Å². The maximum atomic E-state index is 5.90. The Labute approximate surface area is 106 Å². The highest BCUT2D eigenvalue weighted by Crippen LogP contribution is 2.28. The van der Waals surface area contributed by atoms with E-state index >= 15 is 0 Å². The first-order chi connectivity index (χ1) is 7.77. The molecule has 1 aliphatic rings. The van der Waals surface area contributed by atoms with Crippen molar-refractivity contribution in [3.8, 4) is 0 Å². The zero-order valence-electron chi connectivity index (χ0n) is 9.19. The van der Waals surface area contributed by atoms with E-state index in [0.717, 1.165) is 28.0 Å². The van der Waals surface area contributed by atoms with Gasteiger partial charge in [-0.05, 0) is 31.4 Å². The fourth-order valence-corrected chi connectivity index (χ4v) is 3.09. The minimum atomic E-state index is 0.812. The number of benzene rings is 1. The number of nitrogens with zero attached hydrogens (tertiary/aromatic N) is 1. The van der Waals surface area contributed by atoms with E-state index in [0.29, 0.717) is 0 Å². The van der Waals surface area contributed by atoms with Crippen LogP contribution in [0.4, 0.5) is 5.69 Å². The fourth-order valence-electron chi connectivity index (χ4n) is 1.81. The number of para-hydroxylation sites is 1. The lowest BCUT2D eigenvalue weighted by Gasteiger charge is -2.28. The molecule has 4 heteroatoms.